The molecule has 88 valence electrons. The number of hydrogen-bond donors (Lipinski definition) is 1. The predicted octanol–water partition coefficient (Wildman–Crippen LogP) is 4.44. The van der Waals surface area contributed by atoms with Gasteiger partial charge >= 0.3 is 0 Å². The first-order chi connectivity index (χ1) is 7.70. The highest BCUT2D eigenvalue weighted by atomic mass is 35.5. The maximum Gasteiger partial charge on any atom is 0.0595 e. The monoisotopic (exact) mass is 257 g/mol. The largest absolute Gasteiger partial charge is 0.313 e. The zero-order valence-electron chi connectivity index (χ0n) is 9.47. The van der Waals surface area contributed by atoms with E-state index in [4.69, 9.17) is 23.2 Å². The van der Waals surface area contributed by atoms with Crippen LogP contribution in [-0.2, 0) is 0 Å². The summed E-state index contributed by atoms with van der Waals surface area (Å²) >= 11 is 11.9. The lowest BCUT2D eigenvalue weighted by atomic mass is 10.0. The van der Waals surface area contributed by atoms with Gasteiger partial charge in [0.15, 0.2) is 0 Å². The molecule has 0 aromatic heterocycles. The minimum Gasteiger partial charge on any atom is -0.313 e. The third kappa shape index (κ3) is 3.13. The second-order valence-corrected chi connectivity index (χ2v) is 5.35. The van der Waals surface area contributed by atoms with Gasteiger partial charge in [0.25, 0.3) is 0 Å². The Bertz CT molecular complexity index is 361. The normalized spacial score (nSPS) is 17.4. The Morgan fingerprint density at radius 2 is 2.06 bits per heavy atom. The average molecular weight is 258 g/mol. The van der Waals surface area contributed by atoms with Gasteiger partial charge in [-0.05, 0) is 43.5 Å². The molecular weight excluding hydrogens is 241 g/mol. The van der Waals surface area contributed by atoms with Crippen LogP contribution in [0.4, 0.5) is 0 Å². The highest BCUT2D eigenvalue weighted by molar-refractivity contribution is 6.42. The van der Waals surface area contributed by atoms with E-state index in [9.17, 15) is 0 Å². The van der Waals surface area contributed by atoms with Crippen molar-refractivity contribution in [1.82, 2.24) is 5.32 Å². The fraction of sp³-hybridized carbons (Fsp3) is 0.538. The van der Waals surface area contributed by atoms with Crippen LogP contribution in [0.2, 0.25) is 10.0 Å². The number of rotatable bonds is 5. The van der Waals surface area contributed by atoms with Crippen LogP contribution in [0.25, 0.3) is 0 Å². The number of nitrogens with one attached hydrogen (secondary N) is 1. The van der Waals surface area contributed by atoms with Crippen LogP contribution in [0.1, 0.15) is 37.3 Å². The second kappa shape index (κ2) is 5.39. The van der Waals surface area contributed by atoms with Crippen LogP contribution in [0, 0.1) is 5.92 Å². The molecule has 0 saturated heterocycles. The molecule has 16 heavy (non-hydrogen) atoms. The molecule has 1 atom stereocenters. The smallest absolute Gasteiger partial charge is 0.0595 e. The molecule has 0 heterocycles. The van der Waals surface area contributed by atoms with Gasteiger partial charge in [-0.3, -0.25) is 0 Å². The van der Waals surface area contributed by atoms with E-state index in [1.807, 2.05) is 19.2 Å². The maximum absolute atomic E-state index is 6.03. The van der Waals surface area contributed by atoms with Crippen LogP contribution < -0.4 is 5.32 Å². The van der Waals surface area contributed by atoms with Crippen molar-refractivity contribution in [2.45, 2.75) is 31.7 Å². The van der Waals surface area contributed by atoms with Crippen molar-refractivity contribution in [3.05, 3.63) is 33.8 Å². The minimum absolute atomic E-state index is 0.398. The van der Waals surface area contributed by atoms with Gasteiger partial charge in [0.1, 0.15) is 0 Å². The lowest BCUT2D eigenvalue weighted by Gasteiger charge is -2.17. The van der Waals surface area contributed by atoms with Gasteiger partial charge in [-0.2, -0.15) is 0 Å². The topological polar surface area (TPSA) is 12.0 Å². The molecular formula is C13H17Cl2N. The van der Waals surface area contributed by atoms with Gasteiger partial charge in [-0.25, -0.2) is 0 Å². The molecule has 1 N–H and O–H groups in total. The van der Waals surface area contributed by atoms with Crippen molar-refractivity contribution < 1.29 is 0 Å². The lowest BCUT2D eigenvalue weighted by Crippen LogP contribution is -2.16. The van der Waals surface area contributed by atoms with Gasteiger partial charge in [0.05, 0.1) is 10.0 Å². The van der Waals surface area contributed by atoms with Crippen molar-refractivity contribution in [1.29, 1.82) is 0 Å². The van der Waals surface area contributed by atoms with E-state index in [1.54, 1.807) is 0 Å². The molecule has 1 nitrogen and oxygen atoms in total. The zero-order valence-corrected chi connectivity index (χ0v) is 11.0. The molecule has 1 aromatic rings. The first-order valence-electron chi connectivity index (χ1n) is 5.83. The fourth-order valence-electron chi connectivity index (χ4n) is 2.02. The van der Waals surface area contributed by atoms with Crippen LogP contribution in [0.3, 0.4) is 0 Å². The summed E-state index contributed by atoms with van der Waals surface area (Å²) in [6.07, 6.45) is 5.32. The fourth-order valence-corrected chi connectivity index (χ4v) is 2.32. The highest BCUT2D eigenvalue weighted by Crippen LogP contribution is 2.36. The van der Waals surface area contributed by atoms with E-state index in [0.717, 1.165) is 5.92 Å². The average Bonchev–Trinajstić information content (AvgIpc) is 3.08. The molecule has 3 heteroatoms. The Kier molecular flexibility index (Phi) is 4.12. The Hall–Kier alpha value is -0.240. The Labute approximate surface area is 107 Å². The lowest BCUT2D eigenvalue weighted by molar-refractivity contribution is 0.506. The molecule has 1 aliphatic rings. The molecule has 1 fully saturated rings. The summed E-state index contributed by atoms with van der Waals surface area (Å²) in [5, 5.41) is 4.62. The second-order valence-electron chi connectivity index (χ2n) is 4.54. The first-order valence-corrected chi connectivity index (χ1v) is 6.58. The molecule has 1 aromatic carbocycles. The quantitative estimate of drug-likeness (QED) is 0.823. The number of benzene rings is 1. The summed E-state index contributed by atoms with van der Waals surface area (Å²) in [7, 11) is 2.00. The summed E-state index contributed by atoms with van der Waals surface area (Å²) in [4.78, 5) is 0. The molecule has 1 saturated carbocycles. The minimum atomic E-state index is 0.398. The molecule has 1 unspecified atom stereocenters. The molecule has 0 amide bonds. The third-order valence-corrected chi connectivity index (χ3v) is 3.99. The molecule has 1 aliphatic carbocycles. The van der Waals surface area contributed by atoms with Crippen LogP contribution >= 0.6 is 23.2 Å². The summed E-state index contributed by atoms with van der Waals surface area (Å²) in [5.41, 5.74) is 1.23. The van der Waals surface area contributed by atoms with E-state index in [-0.39, 0.29) is 0 Å². The van der Waals surface area contributed by atoms with Crippen molar-refractivity contribution in [3.63, 3.8) is 0 Å². The van der Waals surface area contributed by atoms with Crippen molar-refractivity contribution in [2.24, 2.45) is 5.92 Å². The van der Waals surface area contributed by atoms with E-state index in [0.29, 0.717) is 16.1 Å². The van der Waals surface area contributed by atoms with Crippen LogP contribution in [-0.4, -0.2) is 7.05 Å². The van der Waals surface area contributed by atoms with E-state index < -0.39 is 0 Å². The van der Waals surface area contributed by atoms with Crippen molar-refractivity contribution in [3.8, 4) is 0 Å². The number of halogens is 2. The van der Waals surface area contributed by atoms with Crippen LogP contribution in [0.15, 0.2) is 18.2 Å². The highest BCUT2D eigenvalue weighted by Gasteiger charge is 2.22. The third-order valence-electron chi connectivity index (χ3n) is 3.26. The summed E-state index contributed by atoms with van der Waals surface area (Å²) in [6, 6.07) is 6.30. The standard InChI is InChI=1S/C13H17Cl2N/c1-16-13(7-4-9-2-3-9)10-5-6-11(14)12(15)8-10/h5-6,8-9,13,16H,2-4,7H2,1H3. The van der Waals surface area contributed by atoms with Gasteiger partial charge in [-0.1, -0.05) is 42.1 Å². The summed E-state index contributed by atoms with van der Waals surface area (Å²) in [5.74, 6) is 0.971. The Balaban J connectivity index is 2.02. The number of hydrogen-bond acceptors (Lipinski definition) is 1. The van der Waals surface area contributed by atoms with E-state index in [2.05, 4.69) is 11.4 Å². The predicted molar refractivity (Wildman–Crippen MR) is 70.2 cm³/mol. The van der Waals surface area contributed by atoms with E-state index in [1.165, 1.54) is 31.2 Å². The first kappa shape index (κ1) is 12.2. The Morgan fingerprint density at radius 1 is 1.31 bits per heavy atom. The molecule has 0 aliphatic heterocycles. The molecule has 2 rings (SSSR count). The molecule has 0 spiro atoms. The van der Waals surface area contributed by atoms with Gasteiger partial charge in [-0.15, -0.1) is 0 Å². The summed E-state index contributed by atoms with van der Waals surface area (Å²) in [6.45, 7) is 0. The van der Waals surface area contributed by atoms with Crippen LogP contribution in [0.5, 0.6) is 0 Å². The maximum atomic E-state index is 6.03. The zero-order chi connectivity index (χ0) is 11.5. The van der Waals surface area contributed by atoms with Crippen molar-refractivity contribution >= 4 is 23.2 Å². The SMILES string of the molecule is CNC(CCC1CC1)c1ccc(Cl)c(Cl)c1. The summed E-state index contributed by atoms with van der Waals surface area (Å²) < 4.78 is 0. The van der Waals surface area contributed by atoms with Crippen molar-refractivity contribution in [2.75, 3.05) is 7.05 Å². The van der Waals surface area contributed by atoms with Gasteiger partial charge in [0, 0.05) is 6.04 Å². The van der Waals surface area contributed by atoms with Gasteiger partial charge < -0.3 is 5.32 Å². The molecule has 0 radical (unpaired) electrons. The molecule has 0 bridgehead atoms. The van der Waals surface area contributed by atoms with E-state index >= 15 is 0 Å². The Morgan fingerprint density at radius 3 is 2.62 bits per heavy atom. The van der Waals surface area contributed by atoms with Gasteiger partial charge in [0.2, 0.25) is 0 Å².